The maximum Gasteiger partial charge on any atom is 0.315 e. The topological polar surface area (TPSA) is 44.4 Å². The molecule has 1 unspecified atom stereocenters. The van der Waals surface area contributed by atoms with Crippen molar-refractivity contribution in [1.29, 1.82) is 0 Å². The number of benzene rings is 2. The average molecular weight is 370 g/mol. The average Bonchev–Trinajstić information content (AvgIpc) is 3.20. The van der Waals surface area contributed by atoms with Crippen LogP contribution in [-0.2, 0) is 6.54 Å². The summed E-state index contributed by atoms with van der Waals surface area (Å²) in [5, 5.41) is 6.14. The van der Waals surface area contributed by atoms with Gasteiger partial charge in [0.2, 0.25) is 0 Å². The largest absolute Gasteiger partial charge is 0.334 e. The van der Waals surface area contributed by atoms with Crippen LogP contribution in [0.2, 0.25) is 0 Å². The zero-order chi connectivity index (χ0) is 18.2. The molecule has 1 atom stereocenters. The first-order valence-electron chi connectivity index (χ1n) is 9.19. The Morgan fingerprint density at radius 2 is 1.77 bits per heavy atom. The summed E-state index contributed by atoms with van der Waals surface area (Å²) in [7, 11) is 0. The lowest BCUT2D eigenvalue weighted by molar-refractivity contribution is 0.229. The van der Waals surface area contributed by atoms with E-state index in [2.05, 4.69) is 58.2 Å². The van der Waals surface area contributed by atoms with E-state index in [0.29, 0.717) is 6.54 Å². The SMILES string of the molecule is CSc1ccc(CNC(=O)NC(CN2CCCC2)c2ccccc2)cc1. The van der Waals surface area contributed by atoms with E-state index in [1.165, 1.54) is 17.7 Å². The molecule has 4 nitrogen and oxygen atoms in total. The van der Waals surface area contributed by atoms with Gasteiger partial charge in [-0.3, -0.25) is 0 Å². The highest BCUT2D eigenvalue weighted by Crippen LogP contribution is 2.18. The normalized spacial score (nSPS) is 15.6. The van der Waals surface area contributed by atoms with Gasteiger partial charge in [-0.05, 0) is 55.4 Å². The second-order valence-corrected chi connectivity index (χ2v) is 7.53. The van der Waals surface area contributed by atoms with E-state index < -0.39 is 0 Å². The minimum atomic E-state index is -0.119. The molecule has 0 saturated carbocycles. The van der Waals surface area contributed by atoms with Crippen LogP contribution in [0.25, 0.3) is 0 Å². The maximum atomic E-state index is 12.5. The molecule has 0 radical (unpaired) electrons. The van der Waals surface area contributed by atoms with Crippen molar-refractivity contribution >= 4 is 17.8 Å². The summed E-state index contributed by atoms with van der Waals surface area (Å²) in [4.78, 5) is 16.1. The van der Waals surface area contributed by atoms with Gasteiger partial charge in [-0.15, -0.1) is 11.8 Å². The first-order valence-corrected chi connectivity index (χ1v) is 10.4. The number of carbonyl (C=O) groups excluding carboxylic acids is 1. The van der Waals surface area contributed by atoms with Crippen LogP contribution in [0.3, 0.4) is 0 Å². The van der Waals surface area contributed by atoms with E-state index in [1.54, 1.807) is 11.8 Å². The molecule has 26 heavy (non-hydrogen) atoms. The zero-order valence-corrected chi connectivity index (χ0v) is 16.1. The van der Waals surface area contributed by atoms with Crippen molar-refractivity contribution in [3.8, 4) is 0 Å². The molecular formula is C21H27N3OS. The fourth-order valence-electron chi connectivity index (χ4n) is 3.28. The molecule has 0 spiro atoms. The van der Waals surface area contributed by atoms with Crippen LogP contribution in [-0.4, -0.2) is 36.8 Å². The van der Waals surface area contributed by atoms with E-state index in [0.717, 1.165) is 30.8 Å². The Labute approximate surface area is 160 Å². The van der Waals surface area contributed by atoms with Gasteiger partial charge in [0.1, 0.15) is 0 Å². The number of hydrogen-bond acceptors (Lipinski definition) is 3. The molecule has 2 aromatic rings. The van der Waals surface area contributed by atoms with Crippen LogP contribution < -0.4 is 10.6 Å². The maximum absolute atomic E-state index is 12.5. The number of likely N-dealkylation sites (tertiary alicyclic amines) is 1. The predicted octanol–water partition coefficient (Wildman–Crippen LogP) is 4.04. The van der Waals surface area contributed by atoms with E-state index in [1.807, 2.05) is 18.2 Å². The molecule has 3 rings (SSSR count). The molecule has 2 aromatic carbocycles. The Kier molecular flexibility index (Phi) is 6.97. The smallest absolute Gasteiger partial charge is 0.315 e. The summed E-state index contributed by atoms with van der Waals surface area (Å²) in [6.07, 6.45) is 4.56. The highest BCUT2D eigenvalue weighted by atomic mass is 32.2. The molecule has 2 N–H and O–H groups in total. The summed E-state index contributed by atoms with van der Waals surface area (Å²) >= 11 is 1.72. The van der Waals surface area contributed by atoms with Crippen molar-refractivity contribution in [2.45, 2.75) is 30.3 Å². The number of carbonyl (C=O) groups is 1. The summed E-state index contributed by atoms with van der Waals surface area (Å²) in [5.74, 6) is 0. The predicted molar refractivity (Wildman–Crippen MR) is 108 cm³/mol. The standard InChI is InChI=1S/C21H27N3OS/c1-26-19-11-9-17(10-12-19)15-22-21(25)23-20(16-24-13-5-6-14-24)18-7-3-2-4-8-18/h2-4,7-12,20H,5-6,13-16H2,1H3,(H2,22,23,25). The van der Waals surface area contributed by atoms with Crippen molar-refractivity contribution in [2.75, 3.05) is 25.9 Å². The molecule has 1 aliphatic heterocycles. The van der Waals surface area contributed by atoms with E-state index in [9.17, 15) is 4.79 Å². The number of urea groups is 1. The van der Waals surface area contributed by atoms with E-state index in [4.69, 9.17) is 0 Å². The van der Waals surface area contributed by atoms with Crippen molar-refractivity contribution in [3.05, 3.63) is 65.7 Å². The lowest BCUT2D eigenvalue weighted by Gasteiger charge is -2.25. The second kappa shape index (κ2) is 9.64. The summed E-state index contributed by atoms with van der Waals surface area (Å²) in [6, 6.07) is 18.4. The lowest BCUT2D eigenvalue weighted by Crippen LogP contribution is -2.42. The Morgan fingerprint density at radius 3 is 2.42 bits per heavy atom. The van der Waals surface area contributed by atoms with Gasteiger partial charge in [0, 0.05) is 18.0 Å². The number of hydrogen-bond donors (Lipinski definition) is 2. The molecule has 0 aliphatic carbocycles. The number of nitrogens with one attached hydrogen (secondary N) is 2. The Bertz CT molecular complexity index is 684. The van der Waals surface area contributed by atoms with Crippen molar-refractivity contribution in [3.63, 3.8) is 0 Å². The Balaban J connectivity index is 1.57. The van der Waals surface area contributed by atoms with Gasteiger partial charge in [-0.2, -0.15) is 0 Å². The molecule has 0 aromatic heterocycles. The fraction of sp³-hybridized carbons (Fsp3) is 0.381. The van der Waals surface area contributed by atoms with Crippen LogP contribution in [0.5, 0.6) is 0 Å². The minimum Gasteiger partial charge on any atom is -0.334 e. The van der Waals surface area contributed by atoms with Crippen LogP contribution in [0.15, 0.2) is 59.5 Å². The minimum absolute atomic E-state index is 0.00756. The van der Waals surface area contributed by atoms with Gasteiger partial charge < -0.3 is 15.5 Å². The van der Waals surface area contributed by atoms with E-state index in [-0.39, 0.29) is 12.1 Å². The summed E-state index contributed by atoms with van der Waals surface area (Å²) < 4.78 is 0. The molecule has 1 saturated heterocycles. The van der Waals surface area contributed by atoms with Gasteiger partial charge in [0.25, 0.3) is 0 Å². The molecule has 5 heteroatoms. The fourth-order valence-corrected chi connectivity index (χ4v) is 3.69. The number of amides is 2. The zero-order valence-electron chi connectivity index (χ0n) is 15.3. The quantitative estimate of drug-likeness (QED) is 0.724. The summed E-state index contributed by atoms with van der Waals surface area (Å²) in [6.45, 7) is 3.63. The first kappa shape index (κ1) is 18.8. The van der Waals surface area contributed by atoms with Crippen LogP contribution in [0.1, 0.15) is 30.0 Å². The first-order chi connectivity index (χ1) is 12.7. The van der Waals surface area contributed by atoms with Crippen molar-refractivity contribution in [1.82, 2.24) is 15.5 Å². The van der Waals surface area contributed by atoms with Gasteiger partial charge in [-0.1, -0.05) is 42.5 Å². The molecule has 0 bridgehead atoms. The van der Waals surface area contributed by atoms with Gasteiger partial charge >= 0.3 is 6.03 Å². The molecule has 1 aliphatic rings. The molecule has 1 fully saturated rings. The molecule has 2 amide bonds. The van der Waals surface area contributed by atoms with Gasteiger partial charge in [0.15, 0.2) is 0 Å². The Hall–Kier alpha value is -1.98. The third-order valence-electron chi connectivity index (χ3n) is 4.76. The monoisotopic (exact) mass is 369 g/mol. The molecular weight excluding hydrogens is 342 g/mol. The van der Waals surface area contributed by atoms with Crippen molar-refractivity contribution < 1.29 is 4.79 Å². The van der Waals surface area contributed by atoms with Crippen LogP contribution >= 0.6 is 11.8 Å². The molecule has 138 valence electrons. The summed E-state index contributed by atoms with van der Waals surface area (Å²) in [5.41, 5.74) is 2.26. The second-order valence-electron chi connectivity index (χ2n) is 6.65. The van der Waals surface area contributed by atoms with Gasteiger partial charge in [-0.25, -0.2) is 4.79 Å². The third kappa shape index (κ3) is 5.51. The number of nitrogens with zero attached hydrogens (tertiary/aromatic N) is 1. The highest BCUT2D eigenvalue weighted by Gasteiger charge is 2.20. The van der Waals surface area contributed by atoms with Crippen LogP contribution in [0.4, 0.5) is 4.79 Å². The van der Waals surface area contributed by atoms with E-state index >= 15 is 0 Å². The Morgan fingerprint density at radius 1 is 1.08 bits per heavy atom. The molecule has 1 heterocycles. The van der Waals surface area contributed by atoms with Crippen LogP contribution in [0, 0.1) is 0 Å². The number of rotatable bonds is 7. The lowest BCUT2D eigenvalue weighted by atomic mass is 10.1. The third-order valence-corrected chi connectivity index (χ3v) is 5.50. The van der Waals surface area contributed by atoms with Gasteiger partial charge in [0.05, 0.1) is 6.04 Å². The van der Waals surface area contributed by atoms with Crippen molar-refractivity contribution in [2.24, 2.45) is 0 Å². The number of thioether (sulfide) groups is 1. The highest BCUT2D eigenvalue weighted by molar-refractivity contribution is 7.98.